The first-order valence-corrected chi connectivity index (χ1v) is 19.2. The van der Waals surface area contributed by atoms with Gasteiger partial charge in [-0.15, -0.1) is 0 Å². The fourth-order valence-electron chi connectivity index (χ4n) is 6.36. The lowest BCUT2D eigenvalue weighted by atomic mass is 9.96. The Hall–Kier alpha value is -2.07. The van der Waals surface area contributed by atoms with Gasteiger partial charge in [0.25, 0.3) is 0 Å². The molecule has 0 bridgehead atoms. The molecule has 0 spiro atoms. The van der Waals surface area contributed by atoms with Crippen molar-refractivity contribution < 1.29 is 88.8 Å². The maximum absolute atomic E-state index is 12.6. The van der Waals surface area contributed by atoms with Gasteiger partial charge in [-0.3, -0.25) is 9.59 Å². The summed E-state index contributed by atoms with van der Waals surface area (Å²) in [5.74, 6) is -2.83. The number of esters is 2. The van der Waals surface area contributed by atoms with Crippen molar-refractivity contribution in [1.29, 1.82) is 0 Å². The zero-order valence-electron chi connectivity index (χ0n) is 31.4. The average molecular weight is 785 g/mol. The fourth-order valence-corrected chi connectivity index (χ4v) is 6.36. The summed E-state index contributed by atoms with van der Waals surface area (Å²) in [6.07, 6.45) is -9.32. The molecule has 2 heterocycles. The average Bonchev–Trinajstić information content (AvgIpc) is 3.12. The zero-order chi connectivity index (χ0) is 40.2. The van der Waals surface area contributed by atoms with Crippen LogP contribution in [-0.4, -0.2) is 163 Å². The lowest BCUT2D eigenvalue weighted by molar-refractivity contribution is -0.360. The molecule has 0 saturated carbocycles. The van der Waals surface area contributed by atoms with Crippen LogP contribution in [0.1, 0.15) is 110 Å². The molecule has 2 rings (SSSR count). The highest BCUT2D eigenvalue weighted by Crippen LogP contribution is 2.31. The monoisotopic (exact) mass is 784 g/mol. The quantitative estimate of drug-likeness (QED) is 0.0385. The molecule has 18 nitrogen and oxygen atoms in total. The van der Waals surface area contributed by atoms with Gasteiger partial charge in [-0.1, -0.05) is 71.1 Å². The molecule has 0 radical (unpaired) electrons. The van der Waals surface area contributed by atoms with Gasteiger partial charge in [-0.2, -0.15) is 0 Å². The first kappa shape index (κ1) is 48.1. The van der Waals surface area contributed by atoms with Crippen LogP contribution in [0.4, 0.5) is 0 Å². The molecule has 0 amide bonds. The van der Waals surface area contributed by atoms with Crippen LogP contribution in [0, 0.1) is 0 Å². The van der Waals surface area contributed by atoms with Crippen LogP contribution in [-0.2, 0) is 42.8 Å². The minimum atomic E-state index is -1.83. The molecule has 0 aliphatic carbocycles. The Balaban J connectivity index is 1.88. The normalized spacial score (nSPS) is 30.3. The predicted molar refractivity (Wildman–Crippen MR) is 186 cm³/mol. The largest absolute Gasteiger partial charge is 0.479 e. The lowest BCUT2D eigenvalue weighted by Gasteiger charge is -2.46. The second-order valence-corrected chi connectivity index (χ2v) is 14.2. The second-order valence-electron chi connectivity index (χ2n) is 14.2. The number of carbonyl (C=O) groups excluding carboxylic acids is 2. The minimum Gasteiger partial charge on any atom is -0.479 e. The standard InChI is InChI=1S/C36H64O18/c1-3-13-23(40)18-27(42)53-33-29(44)28(43)25(19-37)51-36(33)54-32-26(20-50-21(2)38)52-35(31(46)30(32)45)49-17-16-22(39)14-11-9-7-5-4-6-8-10-12-15-24(41)34(47)48/h22-26,28-33,35-37,39-41,43-46H,3-20H2,1-2H3,(H,47,48)/t22-,23-,24-,25+,26+,28+,29-,30+,31+,32+,33+,35+,36-/m0/s1. The van der Waals surface area contributed by atoms with E-state index in [4.69, 9.17) is 33.5 Å². The third-order valence-corrected chi connectivity index (χ3v) is 9.53. The molecule has 2 aliphatic heterocycles. The van der Waals surface area contributed by atoms with Crippen molar-refractivity contribution in [3.63, 3.8) is 0 Å². The smallest absolute Gasteiger partial charge is 0.332 e. The number of aliphatic hydroxyl groups is 8. The van der Waals surface area contributed by atoms with Crippen molar-refractivity contribution in [3.05, 3.63) is 0 Å². The number of carboxylic acid groups (broad SMARTS) is 1. The first-order chi connectivity index (χ1) is 25.7. The molecule has 316 valence electrons. The highest BCUT2D eigenvalue weighted by atomic mass is 16.8. The van der Waals surface area contributed by atoms with Crippen LogP contribution in [0.15, 0.2) is 0 Å². The van der Waals surface area contributed by atoms with E-state index in [0.29, 0.717) is 25.7 Å². The Bertz CT molecular complexity index is 1060. The molecule has 2 fully saturated rings. The summed E-state index contributed by atoms with van der Waals surface area (Å²) in [5.41, 5.74) is 0. The van der Waals surface area contributed by atoms with Gasteiger partial charge in [0, 0.05) is 6.92 Å². The number of rotatable bonds is 27. The van der Waals surface area contributed by atoms with Crippen LogP contribution < -0.4 is 0 Å². The summed E-state index contributed by atoms with van der Waals surface area (Å²) in [6.45, 7) is 1.63. The molecule has 13 atom stereocenters. The first-order valence-electron chi connectivity index (χ1n) is 19.2. The van der Waals surface area contributed by atoms with E-state index in [1.165, 1.54) is 0 Å². The number of ether oxygens (including phenoxy) is 6. The fraction of sp³-hybridized carbons (Fsp3) is 0.917. The maximum Gasteiger partial charge on any atom is 0.332 e. The molecule has 0 unspecified atom stereocenters. The number of hydrogen-bond donors (Lipinski definition) is 9. The predicted octanol–water partition coefficient (Wildman–Crippen LogP) is -0.212. The molecular weight excluding hydrogens is 720 g/mol. The number of hydrogen-bond acceptors (Lipinski definition) is 17. The topological polar surface area (TPSA) is 289 Å². The summed E-state index contributed by atoms with van der Waals surface area (Å²) in [7, 11) is 0. The Labute approximate surface area is 316 Å². The van der Waals surface area contributed by atoms with E-state index >= 15 is 0 Å². The lowest BCUT2D eigenvalue weighted by Crippen LogP contribution is -2.65. The molecule has 2 aliphatic rings. The summed E-state index contributed by atoms with van der Waals surface area (Å²) < 4.78 is 33.4. The van der Waals surface area contributed by atoms with E-state index in [9.17, 15) is 55.2 Å². The number of carboxylic acids is 1. The molecular formula is C36H64O18. The third-order valence-electron chi connectivity index (χ3n) is 9.53. The van der Waals surface area contributed by atoms with E-state index in [1.807, 2.05) is 6.92 Å². The maximum atomic E-state index is 12.6. The number of unbranched alkanes of at least 4 members (excludes halogenated alkanes) is 8. The summed E-state index contributed by atoms with van der Waals surface area (Å²) in [6, 6.07) is 0. The SMILES string of the molecule is CCC[C@H](O)CC(=O)O[C@H]1[C@H](O[C@H]2[C@H](O)[C@@H](O)[C@H](OCC[C@@H](O)CCCCCCCCCCC[C@H](O)C(=O)O)O[C@@H]2COC(C)=O)O[C@H](CO)[C@@H](O)[C@@H]1O. The van der Waals surface area contributed by atoms with Gasteiger partial charge in [0.15, 0.2) is 24.8 Å². The Morgan fingerprint density at radius 3 is 1.83 bits per heavy atom. The molecule has 18 heteroatoms. The molecule has 0 aromatic heterocycles. The van der Waals surface area contributed by atoms with Crippen molar-refractivity contribution in [3.8, 4) is 0 Å². The van der Waals surface area contributed by atoms with Gasteiger partial charge in [-0.25, -0.2) is 4.79 Å². The Morgan fingerprint density at radius 2 is 1.26 bits per heavy atom. The van der Waals surface area contributed by atoms with Gasteiger partial charge >= 0.3 is 17.9 Å². The van der Waals surface area contributed by atoms with Crippen molar-refractivity contribution in [2.45, 2.75) is 190 Å². The molecule has 2 saturated heterocycles. The van der Waals surface area contributed by atoms with E-state index in [1.54, 1.807) is 0 Å². The highest BCUT2D eigenvalue weighted by molar-refractivity contribution is 5.71. The Morgan fingerprint density at radius 1 is 0.685 bits per heavy atom. The van der Waals surface area contributed by atoms with Gasteiger partial charge in [0.1, 0.15) is 49.3 Å². The van der Waals surface area contributed by atoms with Crippen LogP contribution in [0.5, 0.6) is 0 Å². The van der Waals surface area contributed by atoms with Gasteiger partial charge in [-0.05, 0) is 25.7 Å². The summed E-state index contributed by atoms with van der Waals surface area (Å²) in [4.78, 5) is 34.9. The van der Waals surface area contributed by atoms with E-state index in [-0.39, 0.29) is 19.4 Å². The van der Waals surface area contributed by atoms with Gasteiger partial charge < -0.3 is 74.4 Å². The van der Waals surface area contributed by atoms with Gasteiger partial charge in [0.2, 0.25) is 0 Å². The summed E-state index contributed by atoms with van der Waals surface area (Å²) >= 11 is 0. The van der Waals surface area contributed by atoms with Crippen molar-refractivity contribution in [2.24, 2.45) is 0 Å². The van der Waals surface area contributed by atoms with Crippen LogP contribution in [0.25, 0.3) is 0 Å². The highest BCUT2D eigenvalue weighted by Gasteiger charge is 2.52. The van der Waals surface area contributed by atoms with Crippen LogP contribution >= 0.6 is 0 Å². The number of carbonyl (C=O) groups is 3. The zero-order valence-corrected chi connectivity index (χ0v) is 31.4. The number of aliphatic hydroxyl groups excluding tert-OH is 8. The molecule has 0 aromatic rings. The van der Waals surface area contributed by atoms with E-state index in [2.05, 4.69) is 0 Å². The van der Waals surface area contributed by atoms with Crippen molar-refractivity contribution in [2.75, 3.05) is 19.8 Å². The van der Waals surface area contributed by atoms with Gasteiger partial charge in [0.05, 0.1) is 31.8 Å². The molecule has 54 heavy (non-hydrogen) atoms. The minimum absolute atomic E-state index is 0.0547. The third kappa shape index (κ3) is 17.0. The van der Waals surface area contributed by atoms with E-state index in [0.717, 1.165) is 58.3 Å². The van der Waals surface area contributed by atoms with Crippen molar-refractivity contribution >= 4 is 17.9 Å². The molecule has 0 aromatic carbocycles. The van der Waals surface area contributed by atoms with Crippen LogP contribution in [0.3, 0.4) is 0 Å². The van der Waals surface area contributed by atoms with E-state index < -0.39 is 117 Å². The Kier molecular flexibility index (Phi) is 23.1. The van der Waals surface area contributed by atoms with Crippen LogP contribution in [0.2, 0.25) is 0 Å². The number of aliphatic carboxylic acids is 1. The summed E-state index contributed by atoms with van der Waals surface area (Å²) in [5, 5.41) is 91.6. The van der Waals surface area contributed by atoms with Crippen molar-refractivity contribution in [1.82, 2.24) is 0 Å². The second kappa shape index (κ2) is 26.0. The molecule has 9 N–H and O–H groups in total.